The van der Waals surface area contributed by atoms with Crippen LogP contribution in [0.5, 0.6) is 0 Å². The predicted molar refractivity (Wildman–Crippen MR) is 125 cm³/mol. The molecule has 1 N–H and O–H groups in total. The maximum Gasteiger partial charge on any atom is 0.238 e. The van der Waals surface area contributed by atoms with Crippen molar-refractivity contribution in [1.82, 2.24) is 24.7 Å². The van der Waals surface area contributed by atoms with Gasteiger partial charge in [0.1, 0.15) is 12.1 Å². The summed E-state index contributed by atoms with van der Waals surface area (Å²) in [5, 5.41) is 15.5. The van der Waals surface area contributed by atoms with Crippen LogP contribution >= 0.6 is 11.8 Å². The summed E-state index contributed by atoms with van der Waals surface area (Å²) in [5.41, 5.74) is 1.58. The van der Waals surface area contributed by atoms with Crippen LogP contribution in [0, 0.1) is 0 Å². The molecule has 4 aromatic rings. The van der Waals surface area contributed by atoms with E-state index in [2.05, 4.69) is 42.5 Å². The second kappa shape index (κ2) is 9.37. The van der Waals surface area contributed by atoms with Crippen molar-refractivity contribution >= 4 is 34.8 Å². The minimum Gasteiger partial charge on any atom is -0.353 e. The van der Waals surface area contributed by atoms with Gasteiger partial charge in [0.15, 0.2) is 5.65 Å². The maximum atomic E-state index is 12.7. The number of nitrogens with one attached hydrogen (secondary N) is 1. The second-order valence-corrected chi connectivity index (χ2v) is 8.66. The highest BCUT2D eigenvalue weighted by Gasteiger charge is 2.21. The summed E-state index contributed by atoms with van der Waals surface area (Å²) in [4.78, 5) is 19.3. The van der Waals surface area contributed by atoms with Gasteiger partial charge in [-0.05, 0) is 36.4 Å². The van der Waals surface area contributed by atoms with Crippen LogP contribution in [0.15, 0.2) is 82.8 Å². The van der Waals surface area contributed by atoms with Crippen molar-refractivity contribution < 1.29 is 4.79 Å². The monoisotopic (exact) mass is 445 g/mol. The number of hydrogen-bond donors (Lipinski definition) is 1. The highest BCUT2D eigenvalue weighted by atomic mass is 32.2. The normalized spacial score (nSPS) is 14.6. The third-order valence-corrected chi connectivity index (χ3v) is 6.43. The lowest BCUT2D eigenvalue weighted by Gasteiger charge is -2.34. The van der Waals surface area contributed by atoms with E-state index in [4.69, 9.17) is 0 Å². The standard InChI is InChI=1S/C23H23N7OS/c31-23(25-19-8-4-5-9-20(19)32-18-6-2-1-3-7-18)16-28-12-14-29(15-13-28)22-11-10-21-26-24-17-30(21)27-22/h1-11,17H,12-16H2,(H,25,31). The van der Waals surface area contributed by atoms with Crippen LogP contribution in [0.4, 0.5) is 11.5 Å². The Bertz CT molecular complexity index is 1210. The van der Waals surface area contributed by atoms with E-state index in [9.17, 15) is 4.79 Å². The van der Waals surface area contributed by atoms with Crippen LogP contribution in [-0.4, -0.2) is 63.3 Å². The SMILES string of the molecule is O=C(CN1CCN(c2ccc3nncn3n2)CC1)Nc1ccccc1Sc1ccccc1. The zero-order valence-corrected chi connectivity index (χ0v) is 18.3. The van der Waals surface area contributed by atoms with Gasteiger partial charge in [0.05, 0.1) is 12.2 Å². The molecule has 0 atom stereocenters. The van der Waals surface area contributed by atoms with E-state index in [-0.39, 0.29) is 5.91 Å². The highest BCUT2D eigenvalue weighted by molar-refractivity contribution is 7.99. The number of rotatable bonds is 6. The molecule has 0 saturated carbocycles. The first kappa shape index (κ1) is 20.5. The molecule has 0 aliphatic carbocycles. The fraction of sp³-hybridized carbons (Fsp3) is 0.217. The Labute approximate surface area is 190 Å². The van der Waals surface area contributed by atoms with Crippen molar-refractivity contribution in [2.75, 3.05) is 42.9 Å². The summed E-state index contributed by atoms with van der Waals surface area (Å²) >= 11 is 1.65. The van der Waals surface area contributed by atoms with E-state index in [1.165, 1.54) is 0 Å². The third-order valence-electron chi connectivity index (χ3n) is 5.34. The van der Waals surface area contributed by atoms with E-state index in [1.54, 1.807) is 22.6 Å². The van der Waals surface area contributed by atoms with Crippen LogP contribution in [0.2, 0.25) is 0 Å². The number of benzene rings is 2. The number of nitrogens with zero attached hydrogens (tertiary/aromatic N) is 6. The van der Waals surface area contributed by atoms with Gasteiger partial charge >= 0.3 is 0 Å². The van der Waals surface area contributed by atoms with Gasteiger partial charge < -0.3 is 10.2 Å². The third kappa shape index (κ3) is 4.74. The molecular weight excluding hydrogens is 422 g/mol. The lowest BCUT2D eigenvalue weighted by molar-refractivity contribution is -0.117. The molecule has 1 aliphatic rings. The minimum absolute atomic E-state index is 0.00333. The second-order valence-electron chi connectivity index (χ2n) is 7.55. The van der Waals surface area contributed by atoms with E-state index >= 15 is 0 Å². The highest BCUT2D eigenvalue weighted by Crippen LogP contribution is 2.33. The van der Waals surface area contributed by atoms with E-state index in [0.717, 1.165) is 53.1 Å². The lowest BCUT2D eigenvalue weighted by Crippen LogP contribution is -2.49. The molecule has 3 heterocycles. The van der Waals surface area contributed by atoms with Crippen LogP contribution < -0.4 is 10.2 Å². The number of para-hydroxylation sites is 1. The molecule has 0 spiro atoms. The molecule has 0 unspecified atom stereocenters. The quantitative estimate of drug-likeness (QED) is 0.489. The Morgan fingerprint density at radius 1 is 0.938 bits per heavy atom. The molecule has 2 aromatic carbocycles. The first-order chi connectivity index (χ1) is 15.7. The van der Waals surface area contributed by atoms with Gasteiger partial charge in [0.2, 0.25) is 5.91 Å². The molecular formula is C23H23N7OS. The summed E-state index contributed by atoms with van der Waals surface area (Å²) in [6.45, 7) is 3.60. The molecule has 8 nitrogen and oxygen atoms in total. The van der Waals surface area contributed by atoms with Crippen molar-refractivity contribution in [3.05, 3.63) is 73.1 Å². The number of hydrogen-bond acceptors (Lipinski definition) is 7. The number of aromatic nitrogens is 4. The number of piperazine rings is 1. The topological polar surface area (TPSA) is 78.7 Å². The van der Waals surface area contributed by atoms with Gasteiger partial charge in [-0.15, -0.1) is 15.3 Å². The van der Waals surface area contributed by atoms with E-state index < -0.39 is 0 Å². The Kier molecular flexibility index (Phi) is 6.00. The van der Waals surface area contributed by atoms with Crippen molar-refractivity contribution in [3.63, 3.8) is 0 Å². The Morgan fingerprint density at radius 2 is 1.72 bits per heavy atom. The molecule has 32 heavy (non-hydrogen) atoms. The largest absolute Gasteiger partial charge is 0.353 e. The minimum atomic E-state index is 0.00333. The van der Waals surface area contributed by atoms with Gasteiger partial charge in [0, 0.05) is 36.0 Å². The average molecular weight is 446 g/mol. The maximum absolute atomic E-state index is 12.7. The average Bonchev–Trinajstić information content (AvgIpc) is 3.29. The fourth-order valence-electron chi connectivity index (χ4n) is 3.69. The van der Waals surface area contributed by atoms with E-state index in [1.807, 2.05) is 54.6 Å². The zero-order valence-electron chi connectivity index (χ0n) is 17.5. The van der Waals surface area contributed by atoms with Gasteiger partial charge in [-0.3, -0.25) is 9.69 Å². The number of anilines is 2. The summed E-state index contributed by atoms with van der Waals surface area (Å²) < 4.78 is 1.68. The molecule has 9 heteroatoms. The van der Waals surface area contributed by atoms with Crippen molar-refractivity contribution in [2.45, 2.75) is 9.79 Å². The molecule has 1 fully saturated rings. The van der Waals surface area contributed by atoms with Crippen LogP contribution in [-0.2, 0) is 4.79 Å². The number of carbonyl (C=O) groups is 1. The first-order valence-corrected chi connectivity index (χ1v) is 11.3. The van der Waals surface area contributed by atoms with Crippen LogP contribution in [0.25, 0.3) is 5.65 Å². The Balaban J connectivity index is 1.16. The molecule has 2 aromatic heterocycles. The van der Waals surface area contributed by atoms with Gasteiger partial charge in [-0.1, -0.05) is 42.1 Å². The predicted octanol–water partition coefficient (Wildman–Crippen LogP) is 3.04. The van der Waals surface area contributed by atoms with Crippen molar-refractivity contribution in [1.29, 1.82) is 0 Å². The molecule has 5 rings (SSSR count). The Morgan fingerprint density at radius 3 is 2.56 bits per heavy atom. The van der Waals surface area contributed by atoms with Gasteiger partial charge in [-0.2, -0.15) is 4.52 Å². The molecule has 1 aliphatic heterocycles. The fourth-order valence-corrected chi connectivity index (χ4v) is 4.61. The molecule has 0 bridgehead atoms. The summed E-state index contributed by atoms with van der Waals surface area (Å²) in [7, 11) is 0. The molecule has 162 valence electrons. The summed E-state index contributed by atoms with van der Waals surface area (Å²) in [6, 6.07) is 22.0. The Hall–Kier alpha value is -3.43. The first-order valence-electron chi connectivity index (χ1n) is 10.5. The molecule has 0 radical (unpaired) electrons. The number of amides is 1. The smallest absolute Gasteiger partial charge is 0.238 e. The lowest BCUT2D eigenvalue weighted by atomic mass is 10.3. The van der Waals surface area contributed by atoms with Crippen molar-refractivity contribution in [2.24, 2.45) is 0 Å². The van der Waals surface area contributed by atoms with Gasteiger partial charge in [0.25, 0.3) is 0 Å². The number of fused-ring (bicyclic) bond motifs is 1. The summed E-state index contributed by atoms with van der Waals surface area (Å²) in [5.74, 6) is 0.900. The van der Waals surface area contributed by atoms with Crippen LogP contribution in [0.3, 0.4) is 0 Å². The van der Waals surface area contributed by atoms with Crippen molar-refractivity contribution in [3.8, 4) is 0 Å². The zero-order chi connectivity index (χ0) is 21.8. The summed E-state index contributed by atoms with van der Waals surface area (Å²) in [6.07, 6.45) is 1.60. The number of carbonyl (C=O) groups excluding carboxylic acids is 1. The molecule has 1 amide bonds. The van der Waals surface area contributed by atoms with E-state index in [0.29, 0.717) is 6.54 Å². The molecule has 1 saturated heterocycles. The van der Waals surface area contributed by atoms with Crippen LogP contribution in [0.1, 0.15) is 0 Å². The van der Waals surface area contributed by atoms with Gasteiger partial charge in [-0.25, -0.2) is 0 Å².